The van der Waals surface area contributed by atoms with E-state index >= 15 is 0 Å². The molecule has 1 N–H and O–H groups in total. The number of halogens is 1. The topological polar surface area (TPSA) is 57.1 Å². The molecular weight excluding hydrogens is 428 g/mol. The largest absolute Gasteiger partial charge is 0.325 e. The fourth-order valence-electron chi connectivity index (χ4n) is 3.92. The number of anilines is 1. The van der Waals surface area contributed by atoms with Crippen LogP contribution in [0, 0.1) is 6.92 Å². The van der Waals surface area contributed by atoms with E-state index in [4.69, 9.17) is 21.6 Å². The number of nitrogens with one attached hydrogen (secondary N) is 1. The minimum Gasteiger partial charge on any atom is -0.325 e. The molecule has 2 aliphatic heterocycles. The zero-order chi connectivity index (χ0) is 21.8. The summed E-state index contributed by atoms with van der Waals surface area (Å²) in [6, 6.07) is 15.5. The molecule has 1 amide bonds. The molecule has 2 aromatic rings. The van der Waals surface area contributed by atoms with Crippen LogP contribution in [0.15, 0.2) is 58.5 Å². The van der Waals surface area contributed by atoms with Gasteiger partial charge >= 0.3 is 0 Å². The average molecular weight is 455 g/mol. The van der Waals surface area contributed by atoms with E-state index in [-0.39, 0.29) is 11.7 Å². The molecule has 1 spiro atoms. The summed E-state index contributed by atoms with van der Waals surface area (Å²) in [6.45, 7) is 7.23. The summed E-state index contributed by atoms with van der Waals surface area (Å²) in [5, 5.41) is 4.51. The highest BCUT2D eigenvalue weighted by atomic mass is 35.5. The van der Waals surface area contributed by atoms with Crippen LogP contribution < -0.4 is 5.32 Å². The molecule has 0 saturated carbocycles. The molecule has 0 radical (unpaired) electrons. The maximum Gasteiger partial charge on any atom is 0.234 e. The Bertz CT molecular complexity index is 1010. The van der Waals surface area contributed by atoms with Crippen molar-refractivity contribution < 1.29 is 4.79 Å². The number of hydrogen-bond acceptors (Lipinski definition) is 5. The van der Waals surface area contributed by atoms with E-state index in [9.17, 15) is 4.79 Å². The molecule has 2 heterocycles. The molecule has 0 unspecified atom stereocenters. The summed E-state index contributed by atoms with van der Waals surface area (Å²) in [7, 11) is 0. The van der Waals surface area contributed by atoms with Gasteiger partial charge in [0.2, 0.25) is 5.91 Å². The fourth-order valence-corrected chi connectivity index (χ4v) is 4.92. The van der Waals surface area contributed by atoms with Crippen molar-refractivity contribution in [2.45, 2.75) is 32.4 Å². The van der Waals surface area contributed by atoms with Gasteiger partial charge < -0.3 is 10.2 Å². The SMILES string of the molecule is CCN1CCC2(CC1)N=C(SCC(=O)Nc1cccc(C)c1)C(c1ccc(Cl)cc1)=N2. The standard InChI is InChI=1S/C24H27ClN4OS/c1-3-29-13-11-24(12-14-29)27-22(18-7-9-19(25)10-8-18)23(28-24)31-16-21(30)26-20-6-4-5-17(2)15-20/h4-10,15H,3,11-14,16H2,1-2H3,(H,26,30). The Kier molecular flexibility index (Phi) is 6.80. The van der Waals surface area contributed by atoms with Gasteiger partial charge in [-0.25, -0.2) is 4.99 Å². The van der Waals surface area contributed by atoms with E-state index < -0.39 is 5.66 Å². The lowest BCUT2D eigenvalue weighted by Crippen LogP contribution is -2.41. The summed E-state index contributed by atoms with van der Waals surface area (Å²) < 4.78 is 0. The van der Waals surface area contributed by atoms with Crippen molar-refractivity contribution in [2.75, 3.05) is 30.7 Å². The van der Waals surface area contributed by atoms with Crippen LogP contribution in [-0.2, 0) is 4.79 Å². The first-order valence-electron chi connectivity index (χ1n) is 10.6. The highest BCUT2D eigenvalue weighted by Gasteiger charge is 2.39. The summed E-state index contributed by atoms with van der Waals surface area (Å²) in [6.07, 6.45) is 1.80. The summed E-state index contributed by atoms with van der Waals surface area (Å²) in [4.78, 5) is 25.1. The van der Waals surface area contributed by atoms with Crippen LogP contribution in [-0.4, -0.2) is 52.6 Å². The van der Waals surface area contributed by atoms with Crippen molar-refractivity contribution >= 4 is 45.7 Å². The zero-order valence-electron chi connectivity index (χ0n) is 17.9. The number of piperidine rings is 1. The van der Waals surface area contributed by atoms with E-state index in [1.165, 1.54) is 11.8 Å². The lowest BCUT2D eigenvalue weighted by molar-refractivity contribution is -0.113. The number of amides is 1. The third-order valence-corrected chi connectivity index (χ3v) is 6.91. The molecule has 1 fully saturated rings. The Labute approximate surface area is 193 Å². The van der Waals surface area contributed by atoms with E-state index in [2.05, 4.69) is 17.1 Å². The van der Waals surface area contributed by atoms with Crippen LogP contribution >= 0.6 is 23.4 Å². The lowest BCUT2D eigenvalue weighted by atomic mass is 9.98. The number of aliphatic imine (C=N–C) groups is 2. The predicted molar refractivity (Wildman–Crippen MR) is 132 cm³/mol. The number of carbonyl (C=O) groups excluding carboxylic acids is 1. The fraction of sp³-hybridized carbons (Fsp3) is 0.375. The number of nitrogens with zero attached hydrogens (tertiary/aromatic N) is 3. The first-order valence-corrected chi connectivity index (χ1v) is 12.0. The van der Waals surface area contributed by atoms with Crippen LogP contribution in [0.5, 0.6) is 0 Å². The van der Waals surface area contributed by atoms with Gasteiger partial charge in [-0.1, -0.05) is 54.6 Å². The molecule has 0 aliphatic carbocycles. The molecule has 0 atom stereocenters. The van der Waals surface area contributed by atoms with Crippen LogP contribution in [0.2, 0.25) is 5.02 Å². The zero-order valence-corrected chi connectivity index (χ0v) is 19.5. The van der Waals surface area contributed by atoms with E-state index in [0.717, 1.165) is 60.0 Å². The second-order valence-corrected chi connectivity index (χ2v) is 9.41. The minimum absolute atomic E-state index is 0.0458. The maximum absolute atomic E-state index is 12.6. The van der Waals surface area contributed by atoms with Gasteiger partial charge in [0.1, 0.15) is 5.04 Å². The monoisotopic (exact) mass is 454 g/mol. The number of thioether (sulfide) groups is 1. The summed E-state index contributed by atoms with van der Waals surface area (Å²) >= 11 is 7.54. The van der Waals surface area contributed by atoms with Crippen molar-refractivity contribution in [1.29, 1.82) is 0 Å². The first-order chi connectivity index (χ1) is 15.0. The smallest absolute Gasteiger partial charge is 0.234 e. The van der Waals surface area contributed by atoms with Gasteiger partial charge in [0.25, 0.3) is 0 Å². The second kappa shape index (κ2) is 9.55. The predicted octanol–water partition coefficient (Wildman–Crippen LogP) is 5.03. The Hall–Kier alpha value is -2.15. The van der Waals surface area contributed by atoms with E-state index in [1.54, 1.807) is 0 Å². The molecule has 2 aromatic carbocycles. The number of benzene rings is 2. The quantitative estimate of drug-likeness (QED) is 0.689. The molecule has 162 valence electrons. The summed E-state index contributed by atoms with van der Waals surface area (Å²) in [5.41, 5.74) is 3.38. The number of hydrogen-bond donors (Lipinski definition) is 1. The van der Waals surface area contributed by atoms with Gasteiger partial charge in [-0.15, -0.1) is 0 Å². The Morgan fingerprint density at radius 3 is 2.58 bits per heavy atom. The number of aryl methyl sites for hydroxylation is 1. The number of likely N-dealkylation sites (tertiary alicyclic amines) is 1. The Balaban J connectivity index is 1.50. The third kappa shape index (κ3) is 5.37. The van der Waals surface area contributed by atoms with Crippen LogP contribution in [0.4, 0.5) is 5.69 Å². The summed E-state index contributed by atoms with van der Waals surface area (Å²) in [5.74, 6) is 0.242. The first kappa shape index (κ1) is 22.1. The van der Waals surface area contributed by atoms with Crippen molar-refractivity contribution in [3.63, 3.8) is 0 Å². The molecule has 1 saturated heterocycles. The van der Waals surface area contributed by atoms with Gasteiger partial charge in [0.15, 0.2) is 5.66 Å². The van der Waals surface area contributed by atoms with E-state index in [1.807, 2.05) is 55.5 Å². The highest BCUT2D eigenvalue weighted by molar-refractivity contribution is 8.16. The Morgan fingerprint density at radius 2 is 1.90 bits per heavy atom. The normalized spacial score (nSPS) is 18.0. The van der Waals surface area contributed by atoms with Crippen molar-refractivity contribution in [3.8, 4) is 0 Å². The Morgan fingerprint density at radius 1 is 1.16 bits per heavy atom. The van der Waals surface area contributed by atoms with Crippen LogP contribution in [0.3, 0.4) is 0 Å². The van der Waals surface area contributed by atoms with Crippen LogP contribution in [0.1, 0.15) is 30.9 Å². The lowest BCUT2D eigenvalue weighted by Gasteiger charge is -2.34. The highest BCUT2D eigenvalue weighted by Crippen LogP contribution is 2.35. The van der Waals surface area contributed by atoms with Gasteiger partial charge in [0.05, 0.1) is 11.5 Å². The van der Waals surface area contributed by atoms with Gasteiger partial charge in [-0.2, -0.15) is 0 Å². The average Bonchev–Trinajstić information content (AvgIpc) is 3.11. The maximum atomic E-state index is 12.6. The molecule has 7 heteroatoms. The van der Waals surface area contributed by atoms with Crippen LogP contribution in [0.25, 0.3) is 0 Å². The number of rotatable bonds is 5. The molecule has 2 aliphatic rings. The van der Waals surface area contributed by atoms with Crippen molar-refractivity contribution in [3.05, 3.63) is 64.7 Å². The van der Waals surface area contributed by atoms with Crippen molar-refractivity contribution in [2.24, 2.45) is 9.98 Å². The molecule has 4 rings (SSSR count). The molecule has 0 bridgehead atoms. The van der Waals surface area contributed by atoms with Crippen molar-refractivity contribution in [1.82, 2.24) is 4.90 Å². The third-order valence-electron chi connectivity index (χ3n) is 5.70. The van der Waals surface area contributed by atoms with E-state index in [0.29, 0.717) is 5.02 Å². The number of carbonyl (C=O) groups is 1. The minimum atomic E-state index is -0.407. The molecular formula is C24H27ClN4OS. The molecule has 0 aromatic heterocycles. The molecule has 31 heavy (non-hydrogen) atoms. The van der Waals surface area contributed by atoms with Gasteiger partial charge in [0, 0.05) is 42.2 Å². The van der Waals surface area contributed by atoms with Gasteiger partial charge in [-0.05, 0) is 43.3 Å². The molecule has 5 nitrogen and oxygen atoms in total. The van der Waals surface area contributed by atoms with Gasteiger partial charge in [-0.3, -0.25) is 9.79 Å². The second-order valence-electron chi connectivity index (χ2n) is 8.01.